The Bertz CT molecular complexity index is 1680. The fourth-order valence-electron chi connectivity index (χ4n) is 6.34. The smallest absolute Gasteiger partial charge is 0.326 e. The average molecular weight is 622 g/mol. The predicted molar refractivity (Wildman–Crippen MR) is 157 cm³/mol. The Morgan fingerprint density at radius 2 is 1.89 bits per heavy atom. The van der Waals surface area contributed by atoms with Crippen LogP contribution < -0.4 is 20.8 Å². The summed E-state index contributed by atoms with van der Waals surface area (Å²) in [6.45, 7) is 0.657. The number of amides is 2. The third-order valence-electron chi connectivity index (χ3n) is 8.65. The molecule has 2 aromatic carbocycles. The number of esters is 1. The predicted octanol–water partition coefficient (Wildman–Crippen LogP) is 2.03. The molecule has 0 aliphatic carbocycles. The van der Waals surface area contributed by atoms with Crippen molar-refractivity contribution < 1.29 is 32.6 Å². The molecule has 11 nitrogen and oxygen atoms in total. The summed E-state index contributed by atoms with van der Waals surface area (Å²) in [5.41, 5.74) is -0.318. The standard InChI is InChI=1S/C32H33F2N5O6/c1-35-25(12-19-6-3-2-4-7-19)32(43)45-18-44-29-27-31(42)39-15-22-8-5-11-38(22)26(39)17-37(27)16-23(28(29)40)30(41)36-14-20-9-10-21(33)13-24(20)34/h2-4,6-7,9-10,13,16,22,25-26,35H,5,8,11-12,14-15,17-18H2,1H3,(H,36,41)/t22-,25+,26+/m1/s1. The van der Waals surface area contributed by atoms with Crippen molar-refractivity contribution in [2.24, 2.45) is 0 Å². The van der Waals surface area contributed by atoms with E-state index in [2.05, 4.69) is 15.5 Å². The number of hydrogen-bond acceptors (Lipinski definition) is 8. The third kappa shape index (κ3) is 6.05. The van der Waals surface area contributed by atoms with Gasteiger partial charge in [0.1, 0.15) is 29.4 Å². The number of ether oxygens (including phenoxy) is 2. The van der Waals surface area contributed by atoms with Gasteiger partial charge >= 0.3 is 5.97 Å². The Morgan fingerprint density at radius 1 is 1.09 bits per heavy atom. The molecule has 0 spiro atoms. The Morgan fingerprint density at radius 3 is 2.64 bits per heavy atom. The molecule has 2 amide bonds. The molecule has 13 heteroatoms. The van der Waals surface area contributed by atoms with Crippen LogP contribution in [0.2, 0.25) is 0 Å². The monoisotopic (exact) mass is 621 g/mol. The molecule has 2 saturated heterocycles. The molecule has 45 heavy (non-hydrogen) atoms. The minimum atomic E-state index is -0.879. The molecule has 0 bridgehead atoms. The van der Waals surface area contributed by atoms with Gasteiger partial charge in [-0.05, 0) is 37.9 Å². The van der Waals surface area contributed by atoms with E-state index in [4.69, 9.17) is 9.47 Å². The highest BCUT2D eigenvalue weighted by atomic mass is 19.1. The van der Waals surface area contributed by atoms with Gasteiger partial charge in [0.05, 0.1) is 6.54 Å². The highest BCUT2D eigenvalue weighted by molar-refractivity contribution is 5.99. The van der Waals surface area contributed by atoms with Gasteiger partial charge in [0.15, 0.2) is 5.69 Å². The molecule has 0 radical (unpaired) electrons. The van der Waals surface area contributed by atoms with Crippen LogP contribution in [0.15, 0.2) is 59.5 Å². The highest BCUT2D eigenvalue weighted by Crippen LogP contribution is 2.35. The molecule has 0 unspecified atom stereocenters. The van der Waals surface area contributed by atoms with Crippen molar-refractivity contribution in [3.05, 3.63) is 99.0 Å². The molecule has 3 aliphatic rings. The third-order valence-corrected chi connectivity index (χ3v) is 8.65. The number of rotatable bonds is 10. The van der Waals surface area contributed by atoms with Crippen molar-refractivity contribution >= 4 is 17.8 Å². The topological polar surface area (TPSA) is 122 Å². The second-order valence-electron chi connectivity index (χ2n) is 11.3. The zero-order valence-corrected chi connectivity index (χ0v) is 24.6. The highest BCUT2D eigenvalue weighted by Gasteiger charge is 2.48. The van der Waals surface area contributed by atoms with E-state index in [1.54, 1.807) is 11.9 Å². The van der Waals surface area contributed by atoms with Gasteiger partial charge in [-0.15, -0.1) is 0 Å². The average Bonchev–Trinajstić information content (AvgIpc) is 3.63. The Kier molecular flexibility index (Phi) is 8.63. The molecular weight excluding hydrogens is 588 g/mol. The fourth-order valence-corrected chi connectivity index (χ4v) is 6.34. The van der Waals surface area contributed by atoms with E-state index in [0.717, 1.165) is 31.0 Å². The number of likely N-dealkylation sites (N-methyl/N-ethyl adjacent to an activating group) is 1. The van der Waals surface area contributed by atoms with E-state index in [0.29, 0.717) is 25.6 Å². The molecule has 3 atom stereocenters. The van der Waals surface area contributed by atoms with Crippen LogP contribution in [0, 0.1) is 11.6 Å². The lowest BCUT2D eigenvalue weighted by Gasteiger charge is -2.36. The number of nitrogens with one attached hydrogen (secondary N) is 2. The number of nitrogens with zero attached hydrogens (tertiary/aromatic N) is 3. The van der Waals surface area contributed by atoms with Crippen LogP contribution in [0.1, 0.15) is 44.8 Å². The van der Waals surface area contributed by atoms with Crippen molar-refractivity contribution in [2.75, 3.05) is 26.9 Å². The SMILES string of the molecule is CN[C@@H](Cc1ccccc1)C(=O)OCOc1c2n(cc(C(=O)NCc3ccc(F)cc3F)c1=O)C[C@@H]1N(C[C@H]3CCCN31)C2=O. The van der Waals surface area contributed by atoms with Crippen molar-refractivity contribution in [3.63, 3.8) is 0 Å². The normalized spacial score (nSPS) is 19.4. The number of benzene rings is 2. The number of carbonyl (C=O) groups excluding carboxylic acids is 3. The van der Waals surface area contributed by atoms with E-state index in [9.17, 15) is 28.0 Å². The first-order valence-electron chi connectivity index (χ1n) is 14.8. The van der Waals surface area contributed by atoms with E-state index in [1.165, 1.54) is 16.8 Å². The van der Waals surface area contributed by atoms with Crippen LogP contribution >= 0.6 is 0 Å². The number of carbonyl (C=O) groups is 3. The maximum absolute atomic E-state index is 14.2. The van der Waals surface area contributed by atoms with Crippen molar-refractivity contribution in [3.8, 4) is 5.75 Å². The minimum Gasteiger partial charge on any atom is -0.451 e. The summed E-state index contributed by atoms with van der Waals surface area (Å²) in [5.74, 6) is -3.90. The van der Waals surface area contributed by atoms with E-state index < -0.39 is 53.4 Å². The van der Waals surface area contributed by atoms with Crippen LogP contribution in [0.3, 0.4) is 0 Å². The van der Waals surface area contributed by atoms with Crippen LogP contribution in [-0.2, 0) is 29.0 Å². The first-order valence-corrected chi connectivity index (χ1v) is 14.8. The van der Waals surface area contributed by atoms with Crippen LogP contribution in [0.5, 0.6) is 5.75 Å². The molecule has 4 heterocycles. The van der Waals surface area contributed by atoms with Gasteiger partial charge in [-0.3, -0.25) is 24.1 Å². The summed E-state index contributed by atoms with van der Waals surface area (Å²) in [4.78, 5) is 57.6. The van der Waals surface area contributed by atoms with Crippen molar-refractivity contribution in [2.45, 2.75) is 50.6 Å². The lowest BCUT2D eigenvalue weighted by atomic mass is 10.1. The maximum atomic E-state index is 14.2. The first-order chi connectivity index (χ1) is 21.7. The van der Waals surface area contributed by atoms with Crippen molar-refractivity contribution in [1.82, 2.24) is 25.0 Å². The van der Waals surface area contributed by atoms with Crippen LogP contribution in [0.25, 0.3) is 0 Å². The Balaban J connectivity index is 1.25. The number of hydrogen-bond donors (Lipinski definition) is 2. The summed E-state index contributed by atoms with van der Waals surface area (Å²) in [6.07, 6.45) is 3.39. The Hall–Kier alpha value is -4.62. The molecule has 0 saturated carbocycles. The Labute approximate surface area is 257 Å². The number of pyridine rings is 1. The zero-order chi connectivity index (χ0) is 31.7. The summed E-state index contributed by atoms with van der Waals surface area (Å²) >= 11 is 0. The van der Waals surface area contributed by atoms with Gasteiger partial charge in [0.2, 0.25) is 18.0 Å². The minimum absolute atomic E-state index is 0.0256. The summed E-state index contributed by atoms with van der Waals surface area (Å²) in [6, 6.07) is 11.8. The van der Waals surface area contributed by atoms with E-state index >= 15 is 0 Å². The molecule has 236 valence electrons. The summed E-state index contributed by atoms with van der Waals surface area (Å²) < 4.78 is 40.1. The van der Waals surface area contributed by atoms with Gasteiger partial charge in [-0.1, -0.05) is 36.4 Å². The quantitative estimate of drug-likeness (QED) is 0.261. The van der Waals surface area contributed by atoms with Gasteiger partial charge in [-0.25, -0.2) is 8.78 Å². The van der Waals surface area contributed by atoms with Gasteiger partial charge in [0, 0.05) is 43.5 Å². The molecule has 1 aromatic heterocycles. The fraction of sp³-hybridized carbons (Fsp3) is 0.375. The summed E-state index contributed by atoms with van der Waals surface area (Å²) in [5, 5.41) is 5.40. The molecule has 2 fully saturated rings. The zero-order valence-electron chi connectivity index (χ0n) is 24.6. The van der Waals surface area contributed by atoms with Gasteiger partial charge < -0.3 is 29.6 Å². The van der Waals surface area contributed by atoms with Crippen molar-refractivity contribution in [1.29, 1.82) is 0 Å². The first kappa shape index (κ1) is 30.4. The molecule has 6 rings (SSSR count). The summed E-state index contributed by atoms with van der Waals surface area (Å²) in [7, 11) is 1.62. The lowest BCUT2D eigenvalue weighted by Crippen LogP contribution is -2.51. The second kappa shape index (κ2) is 12.8. The van der Waals surface area contributed by atoms with Gasteiger partial charge in [0.25, 0.3) is 11.8 Å². The van der Waals surface area contributed by atoms with E-state index in [1.807, 2.05) is 30.3 Å². The molecular formula is C32H33F2N5O6. The second-order valence-corrected chi connectivity index (χ2v) is 11.3. The van der Waals surface area contributed by atoms with E-state index in [-0.39, 0.29) is 35.6 Å². The maximum Gasteiger partial charge on any atom is 0.326 e. The molecule has 3 aromatic rings. The number of aromatic nitrogens is 1. The number of halogens is 2. The number of fused-ring (bicyclic) bond motifs is 4. The lowest BCUT2D eigenvalue weighted by molar-refractivity contribution is -0.152. The van der Waals surface area contributed by atoms with Crippen LogP contribution in [-0.4, -0.2) is 77.3 Å². The van der Waals surface area contributed by atoms with Gasteiger partial charge in [-0.2, -0.15) is 0 Å². The largest absolute Gasteiger partial charge is 0.451 e. The molecule has 2 N–H and O–H groups in total. The van der Waals surface area contributed by atoms with Crippen LogP contribution in [0.4, 0.5) is 8.78 Å². The molecule has 3 aliphatic heterocycles.